The molecule has 5 heteroatoms. The van der Waals surface area contributed by atoms with E-state index in [9.17, 15) is 10.1 Å². The number of hydrogen-bond acceptors (Lipinski definition) is 3. The molecule has 0 aliphatic heterocycles. The van der Waals surface area contributed by atoms with Gasteiger partial charge in [-0.15, -0.1) is 0 Å². The summed E-state index contributed by atoms with van der Waals surface area (Å²) in [6.07, 6.45) is 0. The van der Waals surface area contributed by atoms with Gasteiger partial charge in [0, 0.05) is 17.8 Å². The number of hydrogen-bond donors (Lipinski definition) is 0. The first-order valence-corrected chi connectivity index (χ1v) is 8.84. The van der Waals surface area contributed by atoms with E-state index in [-0.39, 0.29) is 10.6 Å². The van der Waals surface area contributed by atoms with E-state index in [2.05, 4.69) is 22.8 Å². The van der Waals surface area contributed by atoms with Gasteiger partial charge in [0.05, 0.1) is 23.4 Å². The Labute approximate surface area is 162 Å². The van der Waals surface area contributed by atoms with Crippen LogP contribution in [0.25, 0.3) is 28.2 Å². The lowest BCUT2D eigenvalue weighted by Gasteiger charge is -2.15. The van der Waals surface area contributed by atoms with Crippen molar-refractivity contribution in [1.82, 2.24) is 4.57 Å². The molecule has 1 heterocycles. The number of nitro benzene ring substituents is 1. The van der Waals surface area contributed by atoms with Crippen LogP contribution in [-0.4, -0.2) is 16.6 Å². The second-order valence-electron chi connectivity index (χ2n) is 6.31. The molecule has 1 aromatic heterocycles. The molecule has 3 aromatic carbocycles. The Bertz CT molecular complexity index is 1100. The molecule has 0 atom stereocenters. The second kappa shape index (κ2) is 7.40. The monoisotopic (exact) mass is 370 g/mol. The predicted molar refractivity (Wildman–Crippen MR) is 110 cm³/mol. The van der Waals surface area contributed by atoms with E-state index in [4.69, 9.17) is 4.74 Å². The van der Waals surface area contributed by atoms with E-state index in [1.54, 1.807) is 19.2 Å². The average Bonchev–Trinajstić information content (AvgIpc) is 3.19. The summed E-state index contributed by atoms with van der Waals surface area (Å²) >= 11 is 0. The van der Waals surface area contributed by atoms with Crippen LogP contribution < -0.4 is 4.74 Å². The third-order valence-corrected chi connectivity index (χ3v) is 4.65. The lowest BCUT2D eigenvalue weighted by molar-refractivity contribution is -0.384. The van der Waals surface area contributed by atoms with Crippen molar-refractivity contribution < 1.29 is 9.66 Å². The van der Waals surface area contributed by atoms with Gasteiger partial charge in [-0.1, -0.05) is 30.3 Å². The van der Waals surface area contributed by atoms with Gasteiger partial charge in [0.2, 0.25) is 0 Å². The minimum Gasteiger partial charge on any atom is -0.497 e. The molecule has 4 rings (SSSR count). The summed E-state index contributed by atoms with van der Waals surface area (Å²) < 4.78 is 7.43. The highest BCUT2D eigenvalue weighted by Gasteiger charge is 2.15. The zero-order valence-corrected chi connectivity index (χ0v) is 15.3. The summed E-state index contributed by atoms with van der Waals surface area (Å²) in [5.41, 5.74) is 5.06. The van der Waals surface area contributed by atoms with Gasteiger partial charge in [-0.05, 0) is 59.7 Å². The first-order chi connectivity index (χ1) is 13.7. The van der Waals surface area contributed by atoms with E-state index in [1.165, 1.54) is 12.1 Å². The van der Waals surface area contributed by atoms with Gasteiger partial charge < -0.3 is 9.30 Å². The maximum absolute atomic E-state index is 11.0. The molecule has 5 nitrogen and oxygen atoms in total. The third kappa shape index (κ3) is 3.25. The molecule has 0 fully saturated rings. The van der Waals surface area contributed by atoms with Crippen LogP contribution in [0.2, 0.25) is 0 Å². The van der Waals surface area contributed by atoms with Crippen LogP contribution >= 0.6 is 0 Å². The average molecular weight is 370 g/mol. The van der Waals surface area contributed by atoms with Crippen molar-refractivity contribution in [2.75, 3.05) is 7.11 Å². The molecule has 0 saturated heterocycles. The van der Waals surface area contributed by atoms with Gasteiger partial charge >= 0.3 is 0 Å². The maximum atomic E-state index is 11.0. The van der Waals surface area contributed by atoms with E-state index >= 15 is 0 Å². The Morgan fingerprint density at radius 1 is 0.750 bits per heavy atom. The second-order valence-corrected chi connectivity index (χ2v) is 6.31. The third-order valence-electron chi connectivity index (χ3n) is 4.65. The van der Waals surface area contributed by atoms with Gasteiger partial charge in [-0.2, -0.15) is 0 Å². The molecule has 138 valence electrons. The fourth-order valence-corrected chi connectivity index (χ4v) is 3.26. The standard InChI is InChI=1S/C23H18N2O3/c1-28-21-13-11-19(12-14-21)24-22(17-5-3-2-4-6-17)15-16-23(24)18-7-9-20(10-8-18)25(26)27/h2-16H,1H3. The number of rotatable bonds is 5. The minimum atomic E-state index is -0.387. The Morgan fingerprint density at radius 3 is 1.86 bits per heavy atom. The van der Waals surface area contributed by atoms with Crippen LogP contribution in [0.15, 0.2) is 91.0 Å². The fourth-order valence-electron chi connectivity index (χ4n) is 3.26. The van der Waals surface area contributed by atoms with Crippen LogP contribution in [0.5, 0.6) is 5.75 Å². The molecule has 0 N–H and O–H groups in total. The lowest BCUT2D eigenvalue weighted by Crippen LogP contribution is -1.99. The van der Waals surface area contributed by atoms with Crippen molar-refractivity contribution in [3.05, 3.63) is 101 Å². The summed E-state index contributed by atoms with van der Waals surface area (Å²) in [6.45, 7) is 0. The minimum absolute atomic E-state index is 0.0783. The van der Waals surface area contributed by atoms with Crippen molar-refractivity contribution in [3.8, 4) is 34.0 Å². The van der Waals surface area contributed by atoms with Crippen molar-refractivity contribution in [2.45, 2.75) is 0 Å². The summed E-state index contributed by atoms with van der Waals surface area (Å²) in [5, 5.41) is 11.0. The first kappa shape index (κ1) is 17.5. The van der Waals surface area contributed by atoms with Crippen LogP contribution in [0.4, 0.5) is 5.69 Å². The summed E-state index contributed by atoms with van der Waals surface area (Å²) in [6, 6.07) is 28.7. The largest absolute Gasteiger partial charge is 0.497 e. The Morgan fingerprint density at radius 2 is 1.32 bits per heavy atom. The van der Waals surface area contributed by atoms with E-state index < -0.39 is 0 Å². The molecule has 0 spiro atoms. The maximum Gasteiger partial charge on any atom is 0.269 e. The fraction of sp³-hybridized carbons (Fsp3) is 0.0435. The highest BCUT2D eigenvalue weighted by atomic mass is 16.6. The molecule has 0 aliphatic carbocycles. The highest BCUT2D eigenvalue weighted by molar-refractivity contribution is 5.73. The zero-order chi connectivity index (χ0) is 19.5. The highest BCUT2D eigenvalue weighted by Crippen LogP contribution is 2.33. The van der Waals surface area contributed by atoms with Gasteiger partial charge in [-0.3, -0.25) is 10.1 Å². The van der Waals surface area contributed by atoms with Crippen molar-refractivity contribution in [2.24, 2.45) is 0 Å². The SMILES string of the molecule is COc1ccc(-n2c(-c3ccccc3)ccc2-c2ccc([N+](=O)[O-])cc2)cc1. The summed E-state index contributed by atoms with van der Waals surface area (Å²) in [4.78, 5) is 10.6. The number of benzene rings is 3. The smallest absolute Gasteiger partial charge is 0.269 e. The summed E-state index contributed by atoms with van der Waals surface area (Å²) in [5.74, 6) is 0.786. The normalized spacial score (nSPS) is 10.6. The molecule has 4 aromatic rings. The van der Waals surface area contributed by atoms with Crippen LogP contribution in [0.1, 0.15) is 0 Å². The van der Waals surface area contributed by atoms with Crippen LogP contribution in [0.3, 0.4) is 0 Å². The molecular weight excluding hydrogens is 352 g/mol. The lowest BCUT2D eigenvalue weighted by atomic mass is 10.1. The summed E-state index contributed by atoms with van der Waals surface area (Å²) in [7, 11) is 1.64. The van der Waals surface area contributed by atoms with E-state index in [0.29, 0.717) is 0 Å². The van der Waals surface area contributed by atoms with Crippen LogP contribution in [-0.2, 0) is 0 Å². The van der Waals surface area contributed by atoms with Gasteiger partial charge in [0.1, 0.15) is 5.75 Å². The van der Waals surface area contributed by atoms with Crippen molar-refractivity contribution >= 4 is 5.69 Å². The topological polar surface area (TPSA) is 57.3 Å². The number of nitro groups is 1. The number of non-ortho nitro benzene ring substituents is 1. The van der Waals surface area contributed by atoms with Crippen molar-refractivity contribution in [3.63, 3.8) is 0 Å². The Balaban J connectivity index is 1.89. The van der Waals surface area contributed by atoms with E-state index in [1.807, 2.05) is 48.5 Å². The number of methoxy groups -OCH3 is 1. The number of aromatic nitrogens is 1. The number of nitrogens with zero attached hydrogens (tertiary/aromatic N) is 2. The zero-order valence-electron chi connectivity index (χ0n) is 15.3. The first-order valence-electron chi connectivity index (χ1n) is 8.84. The molecule has 0 saturated carbocycles. The Kier molecular flexibility index (Phi) is 4.64. The van der Waals surface area contributed by atoms with E-state index in [0.717, 1.165) is 34.0 Å². The number of ether oxygens (including phenoxy) is 1. The molecular formula is C23H18N2O3. The quantitative estimate of drug-likeness (QED) is 0.333. The van der Waals surface area contributed by atoms with Gasteiger partial charge in [0.25, 0.3) is 5.69 Å². The molecule has 28 heavy (non-hydrogen) atoms. The predicted octanol–water partition coefficient (Wildman–Crippen LogP) is 5.73. The molecule has 0 radical (unpaired) electrons. The van der Waals surface area contributed by atoms with Gasteiger partial charge in [0.15, 0.2) is 0 Å². The van der Waals surface area contributed by atoms with Gasteiger partial charge in [-0.25, -0.2) is 0 Å². The molecule has 0 aliphatic rings. The van der Waals surface area contributed by atoms with Crippen LogP contribution in [0, 0.1) is 10.1 Å². The molecule has 0 bridgehead atoms. The Hall–Kier alpha value is -3.86. The molecule has 0 amide bonds. The van der Waals surface area contributed by atoms with Crippen molar-refractivity contribution in [1.29, 1.82) is 0 Å². The molecule has 0 unspecified atom stereocenters.